The summed E-state index contributed by atoms with van der Waals surface area (Å²) in [5.74, 6) is -2.26. The van der Waals surface area contributed by atoms with Crippen LogP contribution in [-0.4, -0.2) is 33.1 Å². The Morgan fingerprint density at radius 2 is 1.92 bits per heavy atom. The van der Waals surface area contributed by atoms with E-state index in [0.717, 1.165) is 37.7 Å². The SMILES string of the molecule is O=C(O)c1cnc(C(=O)Nc2ccc(OC3CCC3)c(F)c2)cn1. The number of halogens is 1. The van der Waals surface area contributed by atoms with Crippen LogP contribution in [0.2, 0.25) is 0 Å². The summed E-state index contributed by atoms with van der Waals surface area (Å²) < 4.78 is 19.5. The van der Waals surface area contributed by atoms with Gasteiger partial charge in [-0.3, -0.25) is 4.79 Å². The molecule has 1 aromatic heterocycles. The van der Waals surface area contributed by atoms with Crippen molar-refractivity contribution in [1.82, 2.24) is 9.97 Å². The normalized spacial score (nSPS) is 13.9. The fourth-order valence-corrected chi connectivity index (χ4v) is 2.09. The Kier molecular flexibility index (Phi) is 4.37. The van der Waals surface area contributed by atoms with Gasteiger partial charge in [-0.15, -0.1) is 0 Å². The van der Waals surface area contributed by atoms with Gasteiger partial charge in [-0.1, -0.05) is 0 Å². The number of carbonyl (C=O) groups is 2. The molecule has 0 saturated heterocycles. The van der Waals surface area contributed by atoms with Crippen molar-refractivity contribution < 1.29 is 23.8 Å². The molecular weight excluding hydrogens is 317 g/mol. The first-order valence-corrected chi connectivity index (χ1v) is 7.36. The minimum absolute atomic E-state index is 0.0583. The van der Waals surface area contributed by atoms with E-state index in [-0.39, 0.29) is 28.9 Å². The average molecular weight is 331 g/mol. The van der Waals surface area contributed by atoms with Gasteiger partial charge in [0.2, 0.25) is 0 Å². The van der Waals surface area contributed by atoms with Crippen molar-refractivity contribution in [2.24, 2.45) is 0 Å². The van der Waals surface area contributed by atoms with Crippen LogP contribution in [0.1, 0.15) is 40.2 Å². The number of anilines is 1. The Labute approximate surface area is 136 Å². The topological polar surface area (TPSA) is 101 Å². The summed E-state index contributed by atoms with van der Waals surface area (Å²) in [6.45, 7) is 0. The van der Waals surface area contributed by atoms with Crippen molar-refractivity contribution in [3.05, 3.63) is 47.8 Å². The molecule has 2 N–H and O–H groups in total. The summed E-state index contributed by atoms with van der Waals surface area (Å²) in [7, 11) is 0. The van der Waals surface area contributed by atoms with Crippen LogP contribution in [0.4, 0.5) is 10.1 Å². The monoisotopic (exact) mass is 331 g/mol. The Morgan fingerprint density at radius 3 is 2.46 bits per heavy atom. The lowest BCUT2D eigenvalue weighted by Crippen LogP contribution is -2.25. The van der Waals surface area contributed by atoms with Crippen molar-refractivity contribution in [3.8, 4) is 5.75 Å². The van der Waals surface area contributed by atoms with Crippen molar-refractivity contribution in [1.29, 1.82) is 0 Å². The van der Waals surface area contributed by atoms with E-state index in [4.69, 9.17) is 9.84 Å². The number of hydrogen-bond acceptors (Lipinski definition) is 5. The molecule has 0 radical (unpaired) electrons. The van der Waals surface area contributed by atoms with Gasteiger partial charge in [-0.25, -0.2) is 19.2 Å². The van der Waals surface area contributed by atoms with E-state index in [1.54, 1.807) is 0 Å². The predicted molar refractivity (Wildman–Crippen MR) is 81.6 cm³/mol. The maximum absolute atomic E-state index is 14.0. The molecule has 1 aliphatic carbocycles. The number of hydrogen-bond donors (Lipinski definition) is 2. The number of benzene rings is 1. The number of carboxylic acids is 1. The second kappa shape index (κ2) is 6.61. The number of ether oxygens (including phenoxy) is 1. The molecule has 0 unspecified atom stereocenters. The minimum Gasteiger partial charge on any atom is -0.487 e. The molecule has 7 nitrogen and oxygen atoms in total. The number of aromatic carboxylic acids is 1. The van der Waals surface area contributed by atoms with E-state index in [9.17, 15) is 14.0 Å². The highest BCUT2D eigenvalue weighted by Gasteiger charge is 2.20. The molecule has 0 aliphatic heterocycles. The molecule has 124 valence electrons. The van der Waals surface area contributed by atoms with Crippen LogP contribution in [0.3, 0.4) is 0 Å². The molecule has 1 fully saturated rings. The number of aromatic nitrogens is 2. The van der Waals surface area contributed by atoms with Gasteiger partial charge in [0.25, 0.3) is 5.91 Å². The molecule has 24 heavy (non-hydrogen) atoms. The van der Waals surface area contributed by atoms with Crippen molar-refractivity contribution in [2.75, 3.05) is 5.32 Å². The maximum atomic E-state index is 14.0. The fourth-order valence-electron chi connectivity index (χ4n) is 2.09. The maximum Gasteiger partial charge on any atom is 0.356 e. The molecule has 1 saturated carbocycles. The molecule has 0 atom stereocenters. The highest BCUT2D eigenvalue weighted by atomic mass is 19.1. The number of rotatable bonds is 5. The van der Waals surface area contributed by atoms with E-state index in [1.807, 2.05) is 0 Å². The Balaban J connectivity index is 1.67. The van der Waals surface area contributed by atoms with Gasteiger partial charge in [0.15, 0.2) is 17.3 Å². The number of carbonyl (C=O) groups excluding carboxylic acids is 1. The average Bonchev–Trinajstić information content (AvgIpc) is 2.52. The predicted octanol–water partition coefficient (Wildman–Crippen LogP) is 2.50. The second-order valence-corrected chi connectivity index (χ2v) is 5.36. The molecule has 1 heterocycles. The number of nitrogens with zero attached hydrogens (tertiary/aromatic N) is 2. The molecule has 8 heteroatoms. The lowest BCUT2D eigenvalue weighted by Gasteiger charge is -2.26. The third kappa shape index (κ3) is 3.48. The van der Waals surface area contributed by atoms with Gasteiger partial charge in [0, 0.05) is 11.8 Å². The zero-order valence-electron chi connectivity index (χ0n) is 12.5. The Morgan fingerprint density at radius 1 is 1.21 bits per heavy atom. The Bertz CT molecular complexity index is 775. The third-order valence-corrected chi connectivity index (χ3v) is 3.64. The second-order valence-electron chi connectivity index (χ2n) is 5.36. The van der Waals surface area contributed by atoms with E-state index >= 15 is 0 Å². The van der Waals surface area contributed by atoms with E-state index in [1.165, 1.54) is 12.1 Å². The van der Waals surface area contributed by atoms with Crippen LogP contribution in [0.25, 0.3) is 0 Å². The summed E-state index contributed by atoms with van der Waals surface area (Å²) >= 11 is 0. The molecule has 1 aliphatic rings. The highest BCUT2D eigenvalue weighted by molar-refractivity contribution is 6.02. The molecule has 0 spiro atoms. The van der Waals surface area contributed by atoms with Crippen LogP contribution in [0.5, 0.6) is 5.75 Å². The lowest BCUT2D eigenvalue weighted by atomic mass is 9.96. The third-order valence-electron chi connectivity index (χ3n) is 3.64. The van der Waals surface area contributed by atoms with Gasteiger partial charge >= 0.3 is 5.97 Å². The number of amides is 1. The number of carboxylic acid groups (broad SMARTS) is 1. The molecule has 3 rings (SSSR count). The first-order valence-electron chi connectivity index (χ1n) is 7.36. The van der Waals surface area contributed by atoms with Crippen molar-refractivity contribution in [3.63, 3.8) is 0 Å². The van der Waals surface area contributed by atoms with Crippen LogP contribution in [0, 0.1) is 5.82 Å². The largest absolute Gasteiger partial charge is 0.487 e. The standard InChI is InChI=1S/C16H14FN3O4/c17-11-6-9(4-5-14(11)24-10-2-1-3-10)20-15(21)12-7-19-13(8-18-12)16(22)23/h4-8,10H,1-3H2,(H,20,21)(H,22,23). The van der Waals surface area contributed by atoms with E-state index in [2.05, 4.69) is 15.3 Å². The van der Waals surface area contributed by atoms with Crippen molar-refractivity contribution in [2.45, 2.75) is 25.4 Å². The van der Waals surface area contributed by atoms with Gasteiger partial charge in [0.05, 0.1) is 18.5 Å². The molecule has 1 aromatic carbocycles. The summed E-state index contributed by atoms with van der Waals surface area (Å²) in [6.07, 6.45) is 5.01. The zero-order valence-corrected chi connectivity index (χ0v) is 12.5. The molecule has 0 bridgehead atoms. The Hall–Kier alpha value is -3.03. The van der Waals surface area contributed by atoms with Crippen LogP contribution in [0.15, 0.2) is 30.6 Å². The summed E-state index contributed by atoms with van der Waals surface area (Å²) in [4.78, 5) is 30.0. The zero-order chi connectivity index (χ0) is 17.1. The van der Waals surface area contributed by atoms with Gasteiger partial charge in [-0.05, 0) is 31.4 Å². The first-order chi connectivity index (χ1) is 11.5. The molecular formula is C16H14FN3O4. The molecule has 2 aromatic rings. The smallest absolute Gasteiger partial charge is 0.356 e. The quantitative estimate of drug-likeness (QED) is 0.873. The van der Waals surface area contributed by atoms with Gasteiger partial charge < -0.3 is 15.2 Å². The summed E-state index contributed by atoms with van der Waals surface area (Å²) in [5.41, 5.74) is -0.104. The van der Waals surface area contributed by atoms with E-state index < -0.39 is 17.7 Å². The van der Waals surface area contributed by atoms with Crippen LogP contribution < -0.4 is 10.1 Å². The summed E-state index contributed by atoms with van der Waals surface area (Å²) in [5, 5.41) is 11.2. The van der Waals surface area contributed by atoms with E-state index in [0.29, 0.717) is 0 Å². The lowest BCUT2D eigenvalue weighted by molar-refractivity contribution is 0.0689. The van der Waals surface area contributed by atoms with Crippen molar-refractivity contribution >= 4 is 17.6 Å². The van der Waals surface area contributed by atoms with Crippen LogP contribution >= 0.6 is 0 Å². The van der Waals surface area contributed by atoms with Gasteiger partial charge in [-0.2, -0.15) is 0 Å². The first kappa shape index (κ1) is 15.9. The van der Waals surface area contributed by atoms with Gasteiger partial charge in [0.1, 0.15) is 5.69 Å². The van der Waals surface area contributed by atoms with Crippen LogP contribution in [-0.2, 0) is 0 Å². The number of nitrogens with one attached hydrogen (secondary N) is 1. The molecule has 1 amide bonds. The fraction of sp³-hybridized carbons (Fsp3) is 0.250. The highest BCUT2D eigenvalue weighted by Crippen LogP contribution is 2.28. The minimum atomic E-state index is -1.24. The summed E-state index contributed by atoms with van der Waals surface area (Å²) in [6, 6.07) is 4.14.